The van der Waals surface area contributed by atoms with Gasteiger partial charge in [-0.3, -0.25) is 4.79 Å². The van der Waals surface area contributed by atoms with Crippen molar-refractivity contribution in [1.29, 1.82) is 0 Å². The number of ether oxygens (including phenoxy) is 1. The van der Waals surface area contributed by atoms with E-state index < -0.39 is 0 Å². The largest absolute Gasteiger partial charge is 0.457 e. The molecule has 0 heterocycles. The normalized spacial score (nSPS) is 20.2. The maximum absolute atomic E-state index is 11.8. The molecule has 20 heavy (non-hydrogen) atoms. The van der Waals surface area contributed by atoms with E-state index in [0.29, 0.717) is 5.92 Å². The predicted molar refractivity (Wildman–Crippen MR) is 78.9 cm³/mol. The molecule has 3 rings (SSSR count). The van der Waals surface area contributed by atoms with Crippen molar-refractivity contribution in [3.05, 3.63) is 54.6 Å². The Labute approximate surface area is 118 Å². The fourth-order valence-electron chi connectivity index (χ4n) is 2.15. The lowest BCUT2D eigenvalue weighted by atomic mass is 10.2. The lowest BCUT2D eigenvalue weighted by Gasteiger charge is -2.07. The monoisotopic (exact) mass is 267 g/mol. The minimum Gasteiger partial charge on any atom is -0.457 e. The molecule has 1 aliphatic carbocycles. The van der Waals surface area contributed by atoms with Gasteiger partial charge in [-0.15, -0.1) is 0 Å². The van der Waals surface area contributed by atoms with Crippen LogP contribution in [-0.2, 0) is 4.79 Å². The number of hydrogen-bond donors (Lipinski definition) is 1. The van der Waals surface area contributed by atoms with Gasteiger partial charge >= 0.3 is 0 Å². The maximum atomic E-state index is 11.8. The molecule has 2 aromatic carbocycles. The van der Waals surface area contributed by atoms with E-state index in [1.165, 1.54) is 0 Å². The smallest absolute Gasteiger partial charge is 0.227 e. The number of carbonyl (C=O) groups excluding carboxylic acids is 1. The van der Waals surface area contributed by atoms with E-state index in [0.717, 1.165) is 23.6 Å². The van der Waals surface area contributed by atoms with Gasteiger partial charge in [-0.2, -0.15) is 0 Å². The number of amides is 1. The molecule has 1 fully saturated rings. The van der Waals surface area contributed by atoms with E-state index in [1.54, 1.807) is 0 Å². The molecular formula is C17H17NO2. The second-order valence-electron chi connectivity index (χ2n) is 5.25. The van der Waals surface area contributed by atoms with Gasteiger partial charge < -0.3 is 10.1 Å². The van der Waals surface area contributed by atoms with Crippen molar-refractivity contribution in [3.8, 4) is 11.5 Å². The zero-order valence-electron chi connectivity index (χ0n) is 11.4. The molecule has 1 saturated carbocycles. The predicted octanol–water partition coefficient (Wildman–Crippen LogP) is 4.07. The first-order valence-electron chi connectivity index (χ1n) is 6.86. The molecule has 0 saturated heterocycles. The molecule has 1 aliphatic rings. The molecule has 0 spiro atoms. The second kappa shape index (κ2) is 5.37. The summed E-state index contributed by atoms with van der Waals surface area (Å²) in [7, 11) is 0. The molecule has 0 aliphatic heterocycles. The van der Waals surface area contributed by atoms with Gasteiger partial charge in [0.2, 0.25) is 5.91 Å². The fraction of sp³-hybridized carbons (Fsp3) is 0.235. The van der Waals surface area contributed by atoms with Crippen LogP contribution < -0.4 is 10.1 Å². The van der Waals surface area contributed by atoms with Crippen LogP contribution in [0, 0.1) is 11.8 Å². The van der Waals surface area contributed by atoms with Crippen LogP contribution in [0.4, 0.5) is 5.69 Å². The highest BCUT2D eigenvalue weighted by atomic mass is 16.5. The number of nitrogens with one attached hydrogen (secondary N) is 1. The summed E-state index contributed by atoms with van der Waals surface area (Å²) in [6.45, 7) is 2.10. The van der Waals surface area contributed by atoms with Gasteiger partial charge in [-0.25, -0.2) is 0 Å². The lowest BCUT2D eigenvalue weighted by molar-refractivity contribution is -0.117. The molecule has 102 valence electrons. The highest BCUT2D eigenvalue weighted by Crippen LogP contribution is 2.38. The molecule has 2 atom stereocenters. The van der Waals surface area contributed by atoms with Crippen LogP contribution in [0.15, 0.2) is 54.6 Å². The number of carbonyl (C=O) groups is 1. The summed E-state index contributed by atoms with van der Waals surface area (Å²) in [5.74, 6) is 2.39. The number of para-hydroxylation sites is 1. The molecular weight excluding hydrogens is 250 g/mol. The Morgan fingerprint density at radius 2 is 1.65 bits per heavy atom. The van der Waals surface area contributed by atoms with Crippen LogP contribution in [0.1, 0.15) is 13.3 Å². The Hall–Kier alpha value is -2.29. The van der Waals surface area contributed by atoms with Gasteiger partial charge in [0, 0.05) is 11.6 Å². The minimum absolute atomic E-state index is 0.120. The molecule has 0 aromatic heterocycles. The SMILES string of the molecule is C[C@@H]1C[C@@H]1C(=O)Nc1ccc(Oc2ccccc2)cc1. The molecule has 0 unspecified atom stereocenters. The summed E-state index contributed by atoms with van der Waals surface area (Å²) < 4.78 is 5.70. The van der Waals surface area contributed by atoms with Crippen molar-refractivity contribution in [2.75, 3.05) is 5.32 Å². The van der Waals surface area contributed by atoms with Crippen molar-refractivity contribution >= 4 is 11.6 Å². The summed E-state index contributed by atoms with van der Waals surface area (Å²) in [4.78, 5) is 11.8. The van der Waals surface area contributed by atoms with Crippen molar-refractivity contribution in [2.24, 2.45) is 11.8 Å². The van der Waals surface area contributed by atoms with E-state index >= 15 is 0 Å². The standard InChI is InChI=1S/C17H17NO2/c1-12-11-16(12)17(19)18-13-7-9-15(10-8-13)20-14-5-3-2-4-6-14/h2-10,12,16H,11H2,1H3,(H,18,19)/t12-,16+/m1/s1. The number of anilines is 1. The Morgan fingerprint density at radius 3 is 2.25 bits per heavy atom. The van der Waals surface area contributed by atoms with E-state index in [2.05, 4.69) is 12.2 Å². The van der Waals surface area contributed by atoms with Crippen molar-refractivity contribution in [1.82, 2.24) is 0 Å². The molecule has 0 radical (unpaired) electrons. The summed E-state index contributed by atoms with van der Waals surface area (Å²) in [6, 6.07) is 17.1. The third-order valence-corrected chi connectivity index (χ3v) is 3.55. The Balaban J connectivity index is 1.61. The topological polar surface area (TPSA) is 38.3 Å². The third-order valence-electron chi connectivity index (χ3n) is 3.55. The highest BCUT2D eigenvalue weighted by molar-refractivity contribution is 5.94. The maximum Gasteiger partial charge on any atom is 0.227 e. The zero-order chi connectivity index (χ0) is 13.9. The second-order valence-corrected chi connectivity index (χ2v) is 5.25. The Kier molecular flexibility index (Phi) is 3.42. The Morgan fingerprint density at radius 1 is 1.05 bits per heavy atom. The number of rotatable bonds is 4. The first-order chi connectivity index (χ1) is 9.72. The minimum atomic E-state index is 0.120. The van der Waals surface area contributed by atoms with Crippen LogP contribution in [0.25, 0.3) is 0 Å². The van der Waals surface area contributed by atoms with Crippen molar-refractivity contribution < 1.29 is 9.53 Å². The van der Waals surface area contributed by atoms with Crippen LogP contribution in [0.5, 0.6) is 11.5 Å². The van der Waals surface area contributed by atoms with Crippen molar-refractivity contribution in [2.45, 2.75) is 13.3 Å². The average Bonchev–Trinajstić information content (AvgIpc) is 3.19. The third kappa shape index (κ3) is 2.99. The molecule has 1 N–H and O–H groups in total. The Bertz CT molecular complexity index is 592. The summed E-state index contributed by atoms with van der Waals surface area (Å²) in [5.41, 5.74) is 0.814. The first-order valence-corrected chi connectivity index (χ1v) is 6.86. The number of hydrogen-bond acceptors (Lipinski definition) is 2. The van der Waals surface area contributed by atoms with Gasteiger partial charge in [0.1, 0.15) is 11.5 Å². The van der Waals surface area contributed by atoms with Crippen LogP contribution >= 0.6 is 0 Å². The van der Waals surface area contributed by atoms with Gasteiger partial charge in [0.05, 0.1) is 0 Å². The summed E-state index contributed by atoms with van der Waals surface area (Å²) >= 11 is 0. The van der Waals surface area contributed by atoms with Gasteiger partial charge in [-0.05, 0) is 48.7 Å². The quantitative estimate of drug-likeness (QED) is 0.906. The first kappa shape index (κ1) is 12.7. The van der Waals surface area contributed by atoms with E-state index in [9.17, 15) is 4.79 Å². The van der Waals surface area contributed by atoms with Gasteiger partial charge in [0.15, 0.2) is 0 Å². The highest BCUT2D eigenvalue weighted by Gasteiger charge is 2.38. The van der Waals surface area contributed by atoms with E-state index in [4.69, 9.17) is 4.74 Å². The van der Waals surface area contributed by atoms with Crippen LogP contribution in [-0.4, -0.2) is 5.91 Å². The molecule has 3 nitrogen and oxygen atoms in total. The lowest BCUT2D eigenvalue weighted by Crippen LogP contribution is -2.14. The zero-order valence-corrected chi connectivity index (χ0v) is 11.4. The molecule has 3 heteroatoms. The number of benzene rings is 2. The van der Waals surface area contributed by atoms with E-state index in [1.807, 2.05) is 54.6 Å². The molecule has 0 bridgehead atoms. The molecule has 1 amide bonds. The van der Waals surface area contributed by atoms with E-state index in [-0.39, 0.29) is 11.8 Å². The van der Waals surface area contributed by atoms with Crippen LogP contribution in [0.2, 0.25) is 0 Å². The summed E-state index contributed by atoms with van der Waals surface area (Å²) in [5, 5.41) is 2.93. The molecule has 2 aromatic rings. The fourth-order valence-corrected chi connectivity index (χ4v) is 2.15. The van der Waals surface area contributed by atoms with Gasteiger partial charge in [-0.1, -0.05) is 25.1 Å². The van der Waals surface area contributed by atoms with Crippen LogP contribution in [0.3, 0.4) is 0 Å². The van der Waals surface area contributed by atoms with Gasteiger partial charge in [0.25, 0.3) is 0 Å². The summed E-state index contributed by atoms with van der Waals surface area (Å²) in [6.07, 6.45) is 1.00. The van der Waals surface area contributed by atoms with Crippen molar-refractivity contribution in [3.63, 3.8) is 0 Å². The average molecular weight is 267 g/mol.